The highest BCUT2D eigenvalue weighted by Gasteiger charge is 2.33. The Labute approximate surface area is 130 Å². The number of rotatable bonds is 5. The first-order valence-corrected chi connectivity index (χ1v) is 6.92. The summed E-state index contributed by atoms with van der Waals surface area (Å²) in [6.45, 7) is 0.552. The highest BCUT2D eigenvalue weighted by Crippen LogP contribution is 2.19. The van der Waals surface area contributed by atoms with Gasteiger partial charge in [0.25, 0.3) is 5.91 Å². The van der Waals surface area contributed by atoms with Gasteiger partial charge in [0, 0.05) is 30.8 Å². The second-order valence-electron chi connectivity index (χ2n) is 5.58. The van der Waals surface area contributed by atoms with Gasteiger partial charge in [-0.15, -0.1) is 0 Å². The maximum absolute atomic E-state index is 12.1. The van der Waals surface area contributed by atoms with E-state index in [1.807, 2.05) is 6.92 Å². The summed E-state index contributed by atoms with van der Waals surface area (Å²) in [5.41, 5.74) is -0.389. The van der Waals surface area contributed by atoms with E-state index in [1.54, 1.807) is 0 Å². The molecule has 1 aromatic heterocycles. The number of alkyl halides is 3. The lowest BCUT2D eigenvalue weighted by atomic mass is 10.0. The quantitative estimate of drug-likeness (QED) is 0.855. The lowest BCUT2D eigenvalue weighted by Crippen LogP contribution is -2.48. The third-order valence-corrected chi connectivity index (χ3v) is 3.36. The van der Waals surface area contributed by atoms with Gasteiger partial charge >= 0.3 is 6.18 Å². The van der Waals surface area contributed by atoms with Crippen LogP contribution in [-0.4, -0.2) is 41.7 Å². The molecular formula is C14H16F3N3O3. The summed E-state index contributed by atoms with van der Waals surface area (Å²) in [6.07, 6.45) is -2.28. The van der Waals surface area contributed by atoms with Crippen LogP contribution in [0.1, 0.15) is 30.1 Å². The molecule has 0 aromatic carbocycles. The highest BCUT2D eigenvalue weighted by molar-refractivity contribution is 5.94. The number of amides is 2. The zero-order chi connectivity index (χ0) is 17.1. The van der Waals surface area contributed by atoms with Gasteiger partial charge in [0.2, 0.25) is 11.8 Å². The number of hydrogen-bond acceptors (Lipinski definition) is 4. The van der Waals surface area contributed by atoms with E-state index < -0.39 is 24.2 Å². The predicted molar refractivity (Wildman–Crippen MR) is 73.9 cm³/mol. The Kier molecular flexibility index (Phi) is 4.76. The van der Waals surface area contributed by atoms with Gasteiger partial charge < -0.3 is 15.4 Å². The smallest absolute Gasteiger partial charge is 0.422 e. The third-order valence-electron chi connectivity index (χ3n) is 3.36. The van der Waals surface area contributed by atoms with Crippen LogP contribution in [-0.2, 0) is 4.79 Å². The van der Waals surface area contributed by atoms with Gasteiger partial charge in [0.1, 0.15) is 0 Å². The molecule has 1 unspecified atom stereocenters. The van der Waals surface area contributed by atoms with Gasteiger partial charge in [0.15, 0.2) is 6.61 Å². The number of carbonyl (C=O) groups is 2. The average molecular weight is 331 g/mol. The topological polar surface area (TPSA) is 80.3 Å². The average Bonchev–Trinajstić information content (AvgIpc) is 2.82. The number of pyridine rings is 1. The summed E-state index contributed by atoms with van der Waals surface area (Å²) in [5.74, 6) is -0.838. The second kappa shape index (κ2) is 6.43. The molecule has 0 saturated carbocycles. The van der Waals surface area contributed by atoms with Gasteiger partial charge in [0.05, 0.1) is 5.54 Å². The summed E-state index contributed by atoms with van der Waals surface area (Å²) in [4.78, 5) is 26.9. The van der Waals surface area contributed by atoms with Crippen molar-refractivity contribution in [2.75, 3.05) is 13.2 Å². The number of aromatic nitrogens is 1. The molecule has 1 atom stereocenters. The minimum Gasteiger partial charge on any atom is -0.468 e. The van der Waals surface area contributed by atoms with Crippen LogP contribution < -0.4 is 15.4 Å². The summed E-state index contributed by atoms with van der Waals surface area (Å²) in [5, 5.41) is 5.41. The van der Waals surface area contributed by atoms with Crippen molar-refractivity contribution in [3.8, 4) is 5.88 Å². The highest BCUT2D eigenvalue weighted by atomic mass is 19.4. The first-order chi connectivity index (χ1) is 10.7. The first kappa shape index (κ1) is 17.0. The van der Waals surface area contributed by atoms with Crippen molar-refractivity contribution in [3.63, 3.8) is 0 Å². The van der Waals surface area contributed by atoms with Crippen molar-refractivity contribution in [1.82, 2.24) is 15.6 Å². The fourth-order valence-electron chi connectivity index (χ4n) is 2.15. The van der Waals surface area contributed by atoms with E-state index in [0.717, 1.165) is 6.07 Å². The van der Waals surface area contributed by atoms with Crippen molar-refractivity contribution in [3.05, 3.63) is 23.9 Å². The van der Waals surface area contributed by atoms with E-state index in [0.29, 0.717) is 12.8 Å². The molecule has 126 valence electrons. The third kappa shape index (κ3) is 5.11. The van der Waals surface area contributed by atoms with Crippen molar-refractivity contribution in [2.45, 2.75) is 31.5 Å². The van der Waals surface area contributed by atoms with E-state index in [-0.39, 0.29) is 23.9 Å². The zero-order valence-electron chi connectivity index (χ0n) is 12.4. The summed E-state index contributed by atoms with van der Waals surface area (Å²) >= 11 is 0. The van der Waals surface area contributed by atoms with Crippen LogP contribution in [0.15, 0.2) is 18.3 Å². The lowest BCUT2D eigenvalue weighted by Gasteiger charge is -2.24. The van der Waals surface area contributed by atoms with Gasteiger partial charge in [-0.25, -0.2) is 4.98 Å². The number of nitrogens with zero attached hydrogens (tertiary/aromatic N) is 1. The van der Waals surface area contributed by atoms with Crippen molar-refractivity contribution >= 4 is 11.8 Å². The first-order valence-electron chi connectivity index (χ1n) is 6.92. The number of nitrogens with one attached hydrogen (secondary N) is 2. The maximum Gasteiger partial charge on any atom is 0.422 e. The van der Waals surface area contributed by atoms with Gasteiger partial charge in [-0.1, -0.05) is 0 Å². The van der Waals surface area contributed by atoms with Crippen LogP contribution in [0.2, 0.25) is 0 Å². The van der Waals surface area contributed by atoms with Crippen LogP contribution in [0.5, 0.6) is 5.88 Å². The Bertz CT molecular complexity index is 606. The van der Waals surface area contributed by atoms with Crippen LogP contribution in [0.25, 0.3) is 0 Å². The van der Waals surface area contributed by atoms with Crippen LogP contribution >= 0.6 is 0 Å². The number of carbonyl (C=O) groups excluding carboxylic acids is 2. The largest absolute Gasteiger partial charge is 0.468 e. The van der Waals surface area contributed by atoms with Crippen molar-refractivity contribution in [1.29, 1.82) is 0 Å². The molecule has 1 fully saturated rings. The molecular weight excluding hydrogens is 315 g/mol. The summed E-state index contributed by atoms with van der Waals surface area (Å²) < 4.78 is 40.8. The molecule has 0 bridgehead atoms. The summed E-state index contributed by atoms with van der Waals surface area (Å²) in [6, 6.07) is 2.50. The van der Waals surface area contributed by atoms with Crippen LogP contribution in [0, 0.1) is 0 Å². The molecule has 1 saturated heterocycles. The monoisotopic (exact) mass is 331 g/mol. The zero-order valence-corrected chi connectivity index (χ0v) is 12.4. The van der Waals surface area contributed by atoms with Crippen LogP contribution in [0.4, 0.5) is 13.2 Å². The molecule has 2 rings (SSSR count). The van der Waals surface area contributed by atoms with Gasteiger partial charge in [-0.2, -0.15) is 13.2 Å². The van der Waals surface area contributed by atoms with E-state index in [2.05, 4.69) is 20.4 Å². The maximum atomic E-state index is 12.1. The Morgan fingerprint density at radius 1 is 1.52 bits per heavy atom. The number of halogens is 3. The fourth-order valence-corrected chi connectivity index (χ4v) is 2.15. The molecule has 0 spiro atoms. The second-order valence-corrected chi connectivity index (χ2v) is 5.58. The molecule has 2 N–H and O–H groups in total. The van der Waals surface area contributed by atoms with E-state index in [9.17, 15) is 22.8 Å². The Balaban J connectivity index is 1.93. The predicted octanol–water partition coefficient (Wildman–Crippen LogP) is 1.42. The molecule has 0 aliphatic carbocycles. The number of hydrogen-bond donors (Lipinski definition) is 2. The van der Waals surface area contributed by atoms with E-state index >= 15 is 0 Å². The molecule has 2 heterocycles. The van der Waals surface area contributed by atoms with E-state index in [4.69, 9.17) is 0 Å². The minimum absolute atomic E-state index is 0.0755. The lowest BCUT2D eigenvalue weighted by molar-refractivity contribution is -0.154. The Morgan fingerprint density at radius 3 is 2.87 bits per heavy atom. The SMILES string of the molecule is CC1(CNC(=O)c2ccnc(OCC(F)(F)F)c2)CCC(=O)N1. The summed E-state index contributed by atoms with van der Waals surface area (Å²) in [7, 11) is 0. The van der Waals surface area contributed by atoms with Gasteiger partial charge in [-0.3, -0.25) is 9.59 Å². The molecule has 23 heavy (non-hydrogen) atoms. The number of ether oxygens (including phenoxy) is 1. The Morgan fingerprint density at radius 2 is 2.26 bits per heavy atom. The molecule has 2 amide bonds. The molecule has 6 nitrogen and oxygen atoms in total. The van der Waals surface area contributed by atoms with E-state index in [1.165, 1.54) is 12.3 Å². The standard InChI is InChI=1S/C14H16F3N3O3/c1-13(4-2-10(21)20-13)7-19-12(22)9-3-5-18-11(6-9)23-8-14(15,16)17/h3,5-6H,2,4,7-8H2,1H3,(H,19,22)(H,20,21). The van der Waals surface area contributed by atoms with Gasteiger partial charge in [-0.05, 0) is 19.4 Å². The molecule has 1 aliphatic rings. The Hall–Kier alpha value is -2.32. The van der Waals surface area contributed by atoms with Crippen molar-refractivity contribution in [2.24, 2.45) is 0 Å². The molecule has 0 radical (unpaired) electrons. The minimum atomic E-state index is -4.48. The molecule has 1 aromatic rings. The fraction of sp³-hybridized carbons (Fsp3) is 0.500. The molecule has 9 heteroatoms. The van der Waals surface area contributed by atoms with Crippen LogP contribution in [0.3, 0.4) is 0 Å². The normalized spacial score (nSPS) is 21.0. The molecule has 1 aliphatic heterocycles. The van der Waals surface area contributed by atoms with Crippen molar-refractivity contribution < 1.29 is 27.5 Å².